The molecule has 0 aliphatic heterocycles. The van der Waals surface area contributed by atoms with Gasteiger partial charge in [-0.3, -0.25) is 4.79 Å². The molecule has 3 nitrogen and oxygen atoms in total. The second-order valence-corrected chi connectivity index (χ2v) is 5.72. The molecule has 0 aromatic carbocycles. The monoisotopic (exact) mass is 270 g/mol. The maximum Gasteiger partial charge on any atom is 0.220 e. The third-order valence-corrected chi connectivity index (χ3v) is 3.56. The smallest absolute Gasteiger partial charge is 0.220 e. The maximum absolute atomic E-state index is 11.5. The van der Waals surface area contributed by atoms with Crippen molar-refractivity contribution in [1.29, 1.82) is 0 Å². The number of nitrogens with one attached hydrogen (secondary N) is 1. The van der Waals surface area contributed by atoms with Crippen LogP contribution < -0.4 is 11.1 Å². The molecule has 0 aromatic rings. The summed E-state index contributed by atoms with van der Waals surface area (Å²) in [6.45, 7) is 5.66. The van der Waals surface area contributed by atoms with Gasteiger partial charge in [-0.2, -0.15) is 0 Å². The summed E-state index contributed by atoms with van der Waals surface area (Å²) in [5.41, 5.74) is 5.51. The standard InChI is InChI=1S/C16H34N2O/c1-3-4-5-6-7-8-9-10-11-12-16(19)18-14-15(2)13-17/h15H,3-14,17H2,1-2H3,(H,18,19). The minimum Gasteiger partial charge on any atom is -0.356 e. The fourth-order valence-corrected chi connectivity index (χ4v) is 2.06. The van der Waals surface area contributed by atoms with E-state index in [1.54, 1.807) is 0 Å². The Hall–Kier alpha value is -0.570. The Labute approximate surface area is 119 Å². The number of hydrogen-bond acceptors (Lipinski definition) is 2. The number of unbranched alkanes of at least 4 members (excludes halogenated alkanes) is 8. The molecule has 0 bridgehead atoms. The van der Waals surface area contributed by atoms with Gasteiger partial charge >= 0.3 is 0 Å². The molecule has 1 atom stereocenters. The van der Waals surface area contributed by atoms with Crippen LogP contribution in [0.4, 0.5) is 0 Å². The van der Waals surface area contributed by atoms with Crippen molar-refractivity contribution in [2.45, 2.75) is 78.1 Å². The van der Waals surface area contributed by atoms with Crippen LogP contribution in [-0.4, -0.2) is 19.0 Å². The molecule has 3 heteroatoms. The molecule has 0 spiro atoms. The lowest BCUT2D eigenvalue weighted by Gasteiger charge is -2.09. The van der Waals surface area contributed by atoms with E-state index in [2.05, 4.69) is 19.2 Å². The molecule has 0 aliphatic rings. The van der Waals surface area contributed by atoms with Gasteiger partial charge in [-0.1, -0.05) is 65.2 Å². The fourth-order valence-electron chi connectivity index (χ4n) is 2.06. The fraction of sp³-hybridized carbons (Fsp3) is 0.938. The average Bonchev–Trinajstić information content (AvgIpc) is 2.42. The van der Waals surface area contributed by atoms with E-state index in [-0.39, 0.29) is 5.91 Å². The summed E-state index contributed by atoms with van der Waals surface area (Å²) in [4.78, 5) is 11.5. The second-order valence-electron chi connectivity index (χ2n) is 5.72. The highest BCUT2D eigenvalue weighted by atomic mass is 16.1. The van der Waals surface area contributed by atoms with Crippen LogP contribution >= 0.6 is 0 Å². The Morgan fingerprint density at radius 2 is 1.53 bits per heavy atom. The second kappa shape index (κ2) is 13.9. The van der Waals surface area contributed by atoms with E-state index < -0.39 is 0 Å². The van der Waals surface area contributed by atoms with Gasteiger partial charge in [0.25, 0.3) is 0 Å². The van der Waals surface area contributed by atoms with Crippen molar-refractivity contribution in [2.24, 2.45) is 11.7 Å². The third-order valence-electron chi connectivity index (χ3n) is 3.56. The number of rotatable bonds is 13. The molecule has 0 aromatic heterocycles. The van der Waals surface area contributed by atoms with Gasteiger partial charge in [-0.25, -0.2) is 0 Å². The van der Waals surface area contributed by atoms with Crippen LogP contribution in [0.5, 0.6) is 0 Å². The summed E-state index contributed by atoms with van der Waals surface area (Å²) >= 11 is 0. The lowest BCUT2D eigenvalue weighted by atomic mass is 10.1. The van der Waals surface area contributed by atoms with Gasteiger partial charge < -0.3 is 11.1 Å². The van der Waals surface area contributed by atoms with Crippen LogP contribution in [0.2, 0.25) is 0 Å². The SMILES string of the molecule is CCCCCCCCCCCC(=O)NCC(C)CN. The first-order valence-electron chi connectivity index (χ1n) is 8.17. The summed E-state index contributed by atoms with van der Waals surface area (Å²) in [6.07, 6.45) is 12.3. The van der Waals surface area contributed by atoms with E-state index in [1.807, 2.05) is 0 Å². The predicted molar refractivity (Wildman–Crippen MR) is 83.1 cm³/mol. The molecule has 114 valence electrons. The minimum absolute atomic E-state index is 0.184. The van der Waals surface area contributed by atoms with Crippen LogP contribution in [0.15, 0.2) is 0 Å². The third kappa shape index (κ3) is 13.7. The van der Waals surface area contributed by atoms with Gasteiger partial charge in [0.05, 0.1) is 0 Å². The summed E-state index contributed by atoms with van der Waals surface area (Å²) in [5, 5.41) is 2.94. The summed E-state index contributed by atoms with van der Waals surface area (Å²) in [6, 6.07) is 0. The molecule has 0 saturated carbocycles. The molecular formula is C16H34N2O. The molecule has 3 N–H and O–H groups in total. The number of nitrogens with two attached hydrogens (primary N) is 1. The summed E-state index contributed by atoms with van der Waals surface area (Å²) in [7, 11) is 0. The Bertz CT molecular complexity index is 207. The van der Waals surface area contributed by atoms with Crippen LogP contribution in [-0.2, 0) is 4.79 Å². The van der Waals surface area contributed by atoms with Crippen molar-refractivity contribution < 1.29 is 4.79 Å². The van der Waals surface area contributed by atoms with E-state index in [4.69, 9.17) is 5.73 Å². The van der Waals surface area contributed by atoms with E-state index in [0.717, 1.165) is 6.42 Å². The van der Waals surface area contributed by atoms with Gasteiger partial charge in [-0.05, 0) is 18.9 Å². The lowest BCUT2D eigenvalue weighted by molar-refractivity contribution is -0.121. The zero-order valence-electron chi connectivity index (χ0n) is 13.0. The van der Waals surface area contributed by atoms with Crippen molar-refractivity contribution in [3.05, 3.63) is 0 Å². The Morgan fingerprint density at radius 3 is 2.05 bits per heavy atom. The van der Waals surface area contributed by atoms with Gasteiger partial charge in [0.15, 0.2) is 0 Å². The predicted octanol–water partition coefficient (Wildman–Crippen LogP) is 3.62. The average molecular weight is 270 g/mol. The van der Waals surface area contributed by atoms with E-state index in [9.17, 15) is 4.79 Å². The molecule has 0 saturated heterocycles. The Balaban J connectivity index is 3.18. The zero-order valence-corrected chi connectivity index (χ0v) is 13.0. The van der Waals surface area contributed by atoms with Crippen molar-refractivity contribution in [3.8, 4) is 0 Å². The van der Waals surface area contributed by atoms with Crippen LogP contribution in [0.1, 0.15) is 78.1 Å². The zero-order chi connectivity index (χ0) is 14.3. The molecule has 1 unspecified atom stereocenters. The quantitative estimate of drug-likeness (QED) is 0.502. The highest BCUT2D eigenvalue weighted by Crippen LogP contribution is 2.10. The first-order valence-corrected chi connectivity index (χ1v) is 8.17. The molecule has 19 heavy (non-hydrogen) atoms. The molecule has 0 fully saturated rings. The molecule has 0 aliphatic carbocycles. The summed E-state index contributed by atoms with van der Waals surface area (Å²) < 4.78 is 0. The van der Waals surface area contributed by atoms with E-state index in [1.165, 1.54) is 51.4 Å². The summed E-state index contributed by atoms with van der Waals surface area (Å²) in [5.74, 6) is 0.565. The van der Waals surface area contributed by atoms with Crippen molar-refractivity contribution >= 4 is 5.91 Å². The van der Waals surface area contributed by atoms with Gasteiger partial charge in [0, 0.05) is 13.0 Å². The molecule has 0 radical (unpaired) electrons. The van der Waals surface area contributed by atoms with Gasteiger partial charge in [0.1, 0.15) is 0 Å². The van der Waals surface area contributed by atoms with Crippen molar-refractivity contribution in [3.63, 3.8) is 0 Å². The largest absolute Gasteiger partial charge is 0.356 e. The van der Waals surface area contributed by atoms with Crippen LogP contribution in [0.25, 0.3) is 0 Å². The van der Waals surface area contributed by atoms with Crippen molar-refractivity contribution in [1.82, 2.24) is 5.32 Å². The van der Waals surface area contributed by atoms with Crippen LogP contribution in [0, 0.1) is 5.92 Å². The van der Waals surface area contributed by atoms with Crippen molar-refractivity contribution in [2.75, 3.05) is 13.1 Å². The van der Waals surface area contributed by atoms with E-state index >= 15 is 0 Å². The molecular weight excluding hydrogens is 236 g/mol. The first-order chi connectivity index (χ1) is 9.20. The van der Waals surface area contributed by atoms with Gasteiger partial charge in [-0.15, -0.1) is 0 Å². The normalized spacial score (nSPS) is 12.4. The maximum atomic E-state index is 11.5. The topological polar surface area (TPSA) is 55.1 Å². The number of hydrogen-bond donors (Lipinski definition) is 2. The number of amides is 1. The molecule has 0 heterocycles. The number of carbonyl (C=O) groups excluding carboxylic acids is 1. The molecule has 0 rings (SSSR count). The number of carbonyl (C=O) groups is 1. The van der Waals surface area contributed by atoms with E-state index in [0.29, 0.717) is 25.4 Å². The highest BCUT2D eigenvalue weighted by Gasteiger charge is 2.03. The van der Waals surface area contributed by atoms with Gasteiger partial charge in [0.2, 0.25) is 5.91 Å². The molecule has 1 amide bonds. The highest BCUT2D eigenvalue weighted by molar-refractivity contribution is 5.75. The van der Waals surface area contributed by atoms with Crippen LogP contribution in [0.3, 0.4) is 0 Å². The minimum atomic E-state index is 0.184. The Morgan fingerprint density at radius 1 is 1.00 bits per heavy atom. The first kappa shape index (κ1) is 18.4. The Kier molecular flexibility index (Phi) is 13.4. The lowest BCUT2D eigenvalue weighted by Crippen LogP contribution is -2.31.